The molecule has 2 heteroatoms. The fourth-order valence-electron chi connectivity index (χ4n) is 5.58. The topological polar surface area (TPSA) is 6.48 Å². The molecule has 19 heavy (non-hydrogen) atoms. The minimum Gasteiger partial charge on any atom is -0.303 e. The van der Waals surface area contributed by atoms with Crippen molar-refractivity contribution in [2.75, 3.05) is 27.2 Å². The Morgan fingerprint density at radius 2 is 1.74 bits per heavy atom. The summed E-state index contributed by atoms with van der Waals surface area (Å²) in [5.74, 6) is 3.08. The van der Waals surface area contributed by atoms with Gasteiger partial charge in [0.1, 0.15) is 0 Å². The molecule has 0 N–H and O–H groups in total. The third-order valence-electron chi connectivity index (χ3n) is 6.47. The van der Waals surface area contributed by atoms with Gasteiger partial charge in [0.25, 0.3) is 0 Å². The molecule has 5 atom stereocenters. The smallest absolute Gasteiger partial charge is 0.0288 e. The Morgan fingerprint density at radius 1 is 1.05 bits per heavy atom. The van der Waals surface area contributed by atoms with E-state index in [2.05, 4.69) is 37.7 Å². The molecule has 0 aromatic carbocycles. The standard InChI is InChI=1S/C17H32N2/c1-5-7-9-18(3)16-13-11-14-15(16)17(14,12-13)19(4)10-8-6-2/h13-16H,5-12H2,1-4H3. The maximum atomic E-state index is 2.75. The van der Waals surface area contributed by atoms with E-state index >= 15 is 0 Å². The summed E-state index contributed by atoms with van der Waals surface area (Å²) in [4.78, 5) is 5.46. The molecule has 4 bridgehead atoms. The predicted octanol–water partition coefficient (Wildman–Crippen LogP) is 3.23. The van der Waals surface area contributed by atoms with Gasteiger partial charge in [-0.2, -0.15) is 0 Å². The predicted molar refractivity (Wildman–Crippen MR) is 81.3 cm³/mol. The molecule has 4 fully saturated rings. The van der Waals surface area contributed by atoms with Gasteiger partial charge < -0.3 is 9.80 Å². The molecule has 4 saturated carbocycles. The first-order valence-corrected chi connectivity index (χ1v) is 8.58. The first-order valence-electron chi connectivity index (χ1n) is 8.58. The number of unbranched alkanes of at least 4 members (excludes halogenated alkanes) is 2. The van der Waals surface area contributed by atoms with E-state index < -0.39 is 0 Å². The van der Waals surface area contributed by atoms with Crippen LogP contribution < -0.4 is 0 Å². The van der Waals surface area contributed by atoms with Gasteiger partial charge in [-0.25, -0.2) is 0 Å². The van der Waals surface area contributed by atoms with Crippen molar-refractivity contribution in [2.24, 2.45) is 17.8 Å². The van der Waals surface area contributed by atoms with Gasteiger partial charge in [-0.1, -0.05) is 26.7 Å². The van der Waals surface area contributed by atoms with E-state index in [0.29, 0.717) is 5.54 Å². The summed E-state index contributed by atoms with van der Waals surface area (Å²) < 4.78 is 0. The second kappa shape index (κ2) is 5.04. The van der Waals surface area contributed by atoms with E-state index in [0.717, 1.165) is 23.8 Å². The third-order valence-corrected chi connectivity index (χ3v) is 6.47. The van der Waals surface area contributed by atoms with Crippen LogP contribution in [0, 0.1) is 17.8 Å². The van der Waals surface area contributed by atoms with Gasteiger partial charge in [-0.05, 0) is 70.6 Å². The molecule has 110 valence electrons. The van der Waals surface area contributed by atoms with Crippen molar-refractivity contribution in [3.8, 4) is 0 Å². The summed E-state index contributed by atoms with van der Waals surface area (Å²) in [7, 11) is 4.79. The lowest BCUT2D eigenvalue weighted by Gasteiger charge is -2.28. The van der Waals surface area contributed by atoms with E-state index in [4.69, 9.17) is 0 Å². The molecule has 0 heterocycles. The Kier molecular flexibility index (Phi) is 3.68. The molecule has 0 amide bonds. The van der Waals surface area contributed by atoms with Gasteiger partial charge in [0, 0.05) is 11.6 Å². The van der Waals surface area contributed by atoms with Crippen molar-refractivity contribution >= 4 is 0 Å². The third kappa shape index (κ3) is 1.90. The average molecular weight is 264 g/mol. The van der Waals surface area contributed by atoms with Crippen LogP contribution in [0.1, 0.15) is 52.4 Å². The summed E-state index contributed by atoms with van der Waals surface area (Å²) >= 11 is 0. The van der Waals surface area contributed by atoms with Gasteiger partial charge in [0.05, 0.1) is 0 Å². The van der Waals surface area contributed by atoms with Gasteiger partial charge in [0.15, 0.2) is 0 Å². The SMILES string of the molecule is CCCCN(C)C1C2CC3C1C3(N(C)CCCC)C2. The minimum atomic E-state index is 0.644. The Morgan fingerprint density at radius 3 is 2.37 bits per heavy atom. The minimum absolute atomic E-state index is 0.644. The van der Waals surface area contributed by atoms with Gasteiger partial charge in [0.2, 0.25) is 0 Å². The molecular formula is C17H32N2. The highest BCUT2D eigenvalue weighted by atomic mass is 15.3. The fourth-order valence-corrected chi connectivity index (χ4v) is 5.58. The molecule has 0 radical (unpaired) electrons. The molecule has 0 aromatic rings. The quantitative estimate of drug-likeness (QED) is 0.664. The number of hydrogen-bond donors (Lipinski definition) is 0. The molecule has 4 aliphatic carbocycles. The van der Waals surface area contributed by atoms with Crippen LogP contribution in [0.3, 0.4) is 0 Å². The molecule has 0 aromatic heterocycles. The van der Waals surface area contributed by atoms with Crippen LogP contribution in [0.5, 0.6) is 0 Å². The molecule has 0 spiro atoms. The fraction of sp³-hybridized carbons (Fsp3) is 1.00. The Labute approximate surface area is 119 Å². The van der Waals surface area contributed by atoms with Crippen LogP contribution in [-0.4, -0.2) is 48.6 Å². The van der Waals surface area contributed by atoms with Crippen LogP contribution in [0.4, 0.5) is 0 Å². The van der Waals surface area contributed by atoms with Crippen molar-refractivity contribution in [3.05, 3.63) is 0 Å². The Bertz CT molecular complexity index is 329. The van der Waals surface area contributed by atoms with E-state index in [1.54, 1.807) is 0 Å². The van der Waals surface area contributed by atoms with Gasteiger partial charge in [-0.3, -0.25) is 0 Å². The van der Waals surface area contributed by atoms with Crippen LogP contribution in [-0.2, 0) is 0 Å². The van der Waals surface area contributed by atoms with Crippen molar-refractivity contribution in [1.82, 2.24) is 9.80 Å². The van der Waals surface area contributed by atoms with E-state index in [1.807, 2.05) is 0 Å². The highest BCUT2D eigenvalue weighted by molar-refractivity contribution is 5.34. The molecule has 4 rings (SSSR count). The highest BCUT2D eigenvalue weighted by Gasteiger charge is 2.80. The second-order valence-electron chi connectivity index (χ2n) is 7.42. The Balaban J connectivity index is 1.62. The average Bonchev–Trinajstić information content (AvgIpc) is 2.83. The van der Waals surface area contributed by atoms with Crippen LogP contribution in [0.15, 0.2) is 0 Å². The molecule has 0 aliphatic heterocycles. The van der Waals surface area contributed by atoms with Crippen molar-refractivity contribution < 1.29 is 0 Å². The lowest BCUT2D eigenvalue weighted by atomic mass is 10.1. The van der Waals surface area contributed by atoms with Gasteiger partial charge >= 0.3 is 0 Å². The Hall–Kier alpha value is -0.0800. The molecule has 5 unspecified atom stereocenters. The van der Waals surface area contributed by atoms with Crippen LogP contribution in [0.25, 0.3) is 0 Å². The zero-order chi connectivity index (χ0) is 13.6. The van der Waals surface area contributed by atoms with Crippen molar-refractivity contribution in [2.45, 2.75) is 64.0 Å². The summed E-state index contributed by atoms with van der Waals surface area (Å²) in [5.41, 5.74) is 0.644. The summed E-state index contributed by atoms with van der Waals surface area (Å²) in [6.45, 7) is 7.26. The summed E-state index contributed by atoms with van der Waals surface area (Å²) in [5, 5.41) is 0. The number of rotatable bonds is 8. The maximum absolute atomic E-state index is 2.75. The number of hydrogen-bond acceptors (Lipinski definition) is 2. The van der Waals surface area contributed by atoms with Gasteiger partial charge in [-0.15, -0.1) is 0 Å². The number of nitrogens with zero attached hydrogens (tertiary/aromatic N) is 2. The van der Waals surface area contributed by atoms with Crippen LogP contribution in [0.2, 0.25) is 0 Å². The molecule has 4 aliphatic rings. The normalized spacial score (nSPS) is 42.6. The van der Waals surface area contributed by atoms with Crippen molar-refractivity contribution in [1.29, 1.82) is 0 Å². The summed E-state index contributed by atoms with van der Waals surface area (Å²) in [6, 6.07) is 0.917. The highest BCUT2D eigenvalue weighted by Crippen LogP contribution is 2.76. The van der Waals surface area contributed by atoms with E-state index in [-0.39, 0.29) is 0 Å². The zero-order valence-electron chi connectivity index (χ0n) is 13.4. The lowest BCUT2D eigenvalue weighted by Crippen LogP contribution is -2.38. The maximum Gasteiger partial charge on any atom is 0.0288 e. The molecule has 2 nitrogen and oxygen atoms in total. The van der Waals surface area contributed by atoms with E-state index in [1.165, 1.54) is 51.6 Å². The summed E-state index contributed by atoms with van der Waals surface area (Å²) in [6.07, 6.45) is 8.44. The first-order chi connectivity index (χ1) is 9.16. The lowest BCUT2D eigenvalue weighted by molar-refractivity contribution is 0.183. The molecular weight excluding hydrogens is 232 g/mol. The molecule has 0 saturated heterocycles. The largest absolute Gasteiger partial charge is 0.303 e. The van der Waals surface area contributed by atoms with Crippen molar-refractivity contribution in [3.63, 3.8) is 0 Å². The monoisotopic (exact) mass is 264 g/mol. The second-order valence-corrected chi connectivity index (χ2v) is 7.42. The first kappa shape index (κ1) is 13.9. The zero-order valence-corrected chi connectivity index (χ0v) is 13.4. The van der Waals surface area contributed by atoms with Crippen LogP contribution >= 0.6 is 0 Å². The van der Waals surface area contributed by atoms with E-state index in [9.17, 15) is 0 Å².